The standard InChI is InChI=1S/C18H19N3O/c1-2-21(15-8-4-3-5-9-15)18(22)12-13-20-14-19-16-10-6-7-11-17(16)20/h3-11,14H,2,12-13H2,1H3. The van der Waals surface area contributed by atoms with E-state index in [2.05, 4.69) is 4.98 Å². The first kappa shape index (κ1) is 14.3. The molecule has 0 N–H and O–H groups in total. The fourth-order valence-electron chi connectivity index (χ4n) is 2.65. The lowest BCUT2D eigenvalue weighted by atomic mass is 10.2. The van der Waals surface area contributed by atoms with Crippen LogP contribution in [0.25, 0.3) is 11.0 Å². The van der Waals surface area contributed by atoms with Crippen molar-refractivity contribution in [1.29, 1.82) is 0 Å². The second kappa shape index (κ2) is 6.43. The number of para-hydroxylation sites is 3. The van der Waals surface area contributed by atoms with Crippen molar-refractivity contribution in [2.75, 3.05) is 11.4 Å². The minimum Gasteiger partial charge on any atom is -0.330 e. The molecular weight excluding hydrogens is 274 g/mol. The van der Waals surface area contributed by atoms with Crippen LogP contribution in [-0.2, 0) is 11.3 Å². The lowest BCUT2D eigenvalue weighted by molar-refractivity contribution is -0.118. The van der Waals surface area contributed by atoms with Gasteiger partial charge in [-0.1, -0.05) is 30.3 Å². The van der Waals surface area contributed by atoms with Crippen LogP contribution in [0.5, 0.6) is 0 Å². The maximum absolute atomic E-state index is 12.5. The number of hydrogen-bond acceptors (Lipinski definition) is 2. The molecule has 0 fully saturated rings. The van der Waals surface area contributed by atoms with E-state index in [1.807, 2.05) is 71.0 Å². The Morgan fingerprint density at radius 2 is 1.82 bits per heavy atom. The van der Waals surface area contributed by atoms with Gasteiger partial charge in [0, 0.05) is 25.2 Å². The van der Waals surface area contributed by atoms with Crippen LogP contribution < -0.4 is 4.90 Å². The number of anilines is 1. The number of aromatic nitrogens is 2. The molecule has 0 spiro atoms. The number of hydrogen-bond donors (Lipinski definition) is 0. The highest BCUT2D eigenvalue weighted by atomic mass is 16.2. The summed E-state index contributed by atoms with van der Waals surface area (Å²) >= 11 is 0. The van der Waals surface area contributed by atoms with Crippen molar-refractivity contribution in [1.82, 2.24) is 9.55 Å². The van der Waals surface area contributed by atoms with E-state index in [9.17, 15) is 4.79 Å². The van der Waals surface area contributed by atoms with Crippen molar-refractivity contribution in [3.05, 3.63) is 60.9 Å². The number of aryl methyl sites for hydroxylation is 1. The van der Waals surface area contributed by atoms with Crippen molar-refractivity contribution < 1.29 is 4.79 Å². The Labute approximate surface area is 130 Å². The molecule has 2 aromatic carbocycles. The van der Waals surface area contributed by atoms with E-state index in [-0.39, 0.29) is 5.91 Å². The van der Waals surface area contributed by atoms with Crippen LogP contribution in [0.2, 0.25) is 0 Å². The van der Waals surface area contributed by atoms with Crippen LogP contribution in [0.4, 0.5) is 5.69 Å². The summed E-state index contributed by atoms with van der Waals surface area (Å²) < 4.78 is 2.03. The van der Waals surface area contributed by atoms with E-state index in [0.717, 1.165) is 16.7 Å². The van der Waals surface area contributed by atoms with Crippen molar-refractivity contribution >= 4 is 22.6 Å². The van der Waals surface area contributed by atoms with Crippen molar-refractivity contribution in [2.24, 2.45) is 0 Å². The summed E-state index contributed by atoms with van der Waals surface area (Å²) in [5.41, 5.74) is 2.98. The topological polar surface area (TPSA) is 38.1 Å². The van der Waals surface area contributed by atoms with Crippen molar-refractivity contribution in [3.63, 3.8) is 0 Å². The molecule has 22 heavy (non-hydrogen) atoms. The molecule has 3 aromatic rings. The van der Waals surface area contributed by atoms with Crippen molar-refractivity contribution in [2.45, 2.75) is 19.9 Å². The lowest BCUT2D eigenvalue weighted by Gasteiger charge is -2.21. The second-order valence-corrected chi connectivity index (χ2v) is 5.15. The Kier molecular flexibility index (Phi) is 4.19. The maximum Gasteiger partial charge on any atom is 0.228 e. The summed E-state index contributed by atoms with van der Waals surface area (Å²) in [5, 5.41) is 0. The van der Waals surface area contributed by atoms with E-state index in [4.69, 9.17) is 0 Å². The van der Waals surface area contributed by atoms with Gasteiger partial charge in [-0.05, 0) is 31.2 Å². The molecule has 0 aliphatic carbocycles. The van der Waals surface area contributed by atoms with Crippen molar-refractivity contribution in [3.8, 4) is 0 Å². The fourth-order valence-corrected chi connectivity index (χ4v) is 2.65. The van der Waals surface area contributed by atoms with Gasteiger partial charge >= 0.3 is 0 Å². The molecule has 1 aromatic heterocycles. The minimum atomic E-state index is 0.131. The summed E-state index contributed by atoms with van der Waals surface area (Å²) in [6.45, 7) is 3.31. The first-order chi connectivity index (χ1) is 10.8. The number of benzene rings is 2. The fraction of sp³-hybridized carbons (Fsp3) is 0.222. The van der Waals surface area contributed by atoms with Gasteiger partial charge in [0.1, 0.15) is 0 Å². The van der Waals surface area contributed by atoms with Gasteiger partial charge in [-0.2, -0.15) is 0 Å². The zero-order valence-corrected chi connectivity index (χ0v) is 12.6. The average molecular weight is 293 g/mol. The molecule has 112 valence electrons. The predicted octanol–water partition coefficient (Wildman–Crippen LogP) is 3.48. The molecule has 4 heteroatoms. The third-order valence-corrected chi connectivity index (χ3v) is 3.78. The molecule has 0 saturated heterocycles. The van der Waals surface area contributed by atoms with Crippen LogP contribution in [0.1, 0.15) is 13.3 Å². The first-order valence-corrected chi connectivity index (χ1v) is 7.55. The highest BCUT2D eigenvalue weighted by Crippen LogP contribution is 2.16. The maximum atomic E-state index is 12.5. The Hall–Kier alpha value is -2.62. The van der Waals surface area contributed by atoms with Gasteiger partial charge in [-0.15, -0.1) is 0 Å². The van der Waals surface area contributed by atoms with Gasteiger partial charge in [-0.25, -0.2) is 4.98 Å². The number of imidazole rings is 1. The zero-order chi connectivity index (χ0) is 15.4. The summed E-state index contributed by atoms with van der Waals surface area (Å²) in [5.74, 6) is 0.131. The van der Waals surface area contributed by atoms with Crippen LogP contribution in [0, 0.1) is 0 Å². The normalized spacial score (nSPS) is 10.8. The van der Waals surface area contributed by atoms with Gasteiger partial charge in [-0.3, -0.25) is 4.79 Å². The summed E-state index contributed by atoms with van der Waals surface area (Å²) in [6, 6.07) is 17.8. The molecule has 4 nitrogen and oxygen atoms in total. The quantitative estimate of drug-likeness (QED) is 0.722. The van der Waals surface area contributed by atoms with Crippen LogP contribution in [0.3, 0.4) is 0 Å². The summed E-state index contributed by atoms with van der Waals surface area (Å²) in [7, 11) is 0. The highest BCUT2D eigenvalue weighted by Gasteiger charge is 2.13. The number of rotatable bonds is 5. The zero-order valence-electron chi connectivity index (χ0n) is 12.6. The van der Waals surface area contributed by atoms with Crippen LogP contribution >= 0.6 is 0 Å². The molecule has 1 heterocycles. The SMILES string of the molecule is CCN(C(=O)CCn1cnc2ccccc21)c1ccccc1. The molecule has 0 unspecified atom stereocenters. The third-order valence-electron chi connectivity index (χ3n) is 3.78. The molecule has 0 atom stereocenters. The highest BCUT2D eigenvalue weighted by molar-refractivity contribution is 5.93. The third kappa shape index (κ3) is 2.86. The van der Waals surface area contributed by atoms with Gasteiger partial charge in [0.15, 0.2) is 0 Å². The largest absolute Gasteiger partial charge is 0.330 e. The van der Waals surface area contributed by atoms with E-state index >= 15 is 0 Å². The number of nitrogens with zero attached hydrogens (tertiary/aromatic N) is 3. The minimum absolute atomic E-state index is 0.131. The number of carbonyl (C=O) groups excluding carboxylic acids is 1. The molecule has 0 saturated carbocycles. The Morgan fingerprint density at radius 3 is 2.59 bits per heavy atom. The van der Waals surface area contributed by atoms with Crippen LogP contribution in [0.15, 0.2) is 60.9 Å². The monoisotopic (exact) mass is 293 g/mol. The Bertz CT molecular complexity index is 764. The molecule has 0 radical (unpaired) electrons. The lowest BCUT2D eigenvalue weighted by Crippen LogP contribution is -2.31. The molecule has 1 amide bonds. The second-order valence-electron chi connectivity index (χ2n) is 5.15. The molecule has 0 aliphatic heterocycles. The first-order valence-electron chi connectivity index (χ1n) is 7.55. The number of amides is 1. The molecular formula is C18H19N3O. The molecule has 0 aliphatic rings. The van der Waals surface area contributed by atoms with E-state index in [0.29, 0.717) is 19.5 Å². The number of carbonyl (C=O) groups is 1. The molecule has 3 rings (SSSR count). The van der Waals surface area contributed by atoms with E-state index in [1.54, 1.807) is 6.33 Å². The van der Waals surface area contributed by atoms with E-state index < -0.39 is 0 Å². The van der Waals surface area contributed by atoms with Crippen LogP contribution in [-0.4, -0.2) is 22.0 Å². The predicted molar refractivity (Wildman–Crippen MR) is 88.8 cm³/mol. The number of fused-ring (bicyclic) bond motifs is 1. The van der Waals surface area contributed by atoms with E-state index in [1.165, 1.54) is 0 Å². The van der Waals surface area contributed by atoms with Gasteiger partial charge in [0.25, 0.3) is 0 Å². The average Bonchev–Trinajstić information content (AvgIpc) is 2.98. The van der Waals surface area contributed by atoms with Gasteiger partial charge in [0.2, 0.25) is 5.91 Å². The molecule has 0 bridgehead atoms. The summed E-state index contributed by atoms with van der Waals surface area (Å²) in [6.07, 6.45) is 2.26. The van der Waals surface area contributed by atoms with Gasteiger partial charge in [0.05, 0.1) is 17.4 Å². The Balaban J connectivity index is 1.71. The Morgan fingerprint density at radius 1 is 1.09 bits per heavy atom. The summed E-state index contributed by atoms with van der Waals surface area (Å²) in [4.78, 5) is 18.7. The van der Waals surface area contributed by atoms with Gasteiger partial charge < -0.3 is 9.47 Å². The smallest absolute Gasteiger partial charge is 0.228 e.